The number of nitrogens with one attached hydrogen (secondary N) is 2. The molecule has 0 spiro atoms. The quantitative estimate of drug-likeness (QED) is 0.828. The number of hydrogen-bond acceptors (Lipinski definition) is 4. The Morgan fingerprint density at radius 2 is 1.95 bits per heavy atom. The molecule has 5 heteroatoms. The Balaban J connectivity index is 1.67. The zero-order valence-electron chi connectivity index (χ0n) is 13.4. The molecule has 4 unspecified atom stereocenters. The molecule has 0 bridgehead atoms. The molecule has 4 atom stereocenters. The van der Waals surface area contributed by atoms with Crippen LogP contribution < -0.4 is 10.6 Å². The van der Waals surface area contributed by atoms with Gasteiger partial charge in [0.1, 0.15) is 5.60 Å². The van der Waals surface area contributed by atoms with Crippen molar-refractivity contribution < 1.29 is 9.53 Å². The van der Waals surface area contributed by atoms with Crippen molar-refractivity contribution in [3.8, 4) is 0 Å². The zero-order valence-corrected chi connectivity index (χ0v) is 13.4. The van der Waals surface area contributed by atoms with Gasteiger partial charge in [0, 0.05) is 24.2 Å². The average Bonchev–Trinajstić information content (AvgIpc) is 2.99. The fraction of sp³-hybridized carbons (Fsp3) is 0.933. The minimum Gasteiger partial charge on any atom is -0.444 e. The fourth-order valence-corrected chi connectivity index (χ4v) is 2.74. The third kappa shape index (κ3) is 4.63. The lowest BCUT2D eigenvalue weighted by Crippen LogP contribution is -2.47. The van der Waals surface area contributed by atoms with E-state index in [-0.39, 0.29) is 12.1 Å². The molecule has 2 aliphatic rings. The van der Waals surface area contributed by atoms with Crippen molar-refractivity contribution in [1.29, 1.82) is 0 Å². The molecule has 1 saturated heterocycles. The fourth-order valence-electron chi connectivity index (χ4n) is 2.74. The molecule has 1 aliphatic heterocycles. The van der Waals surface area contributed by atoms with E-state index in [9.17, 15) is 4.79 Å². The second kappa shape index (κ2) is 5.90. The molecule has 1 saturated carbocycles. The summed E-state index contributed by atoms with van der Waals surface area (Å²) < 4.78 is 5.27. The van der Waals surface area contributed by atoms with Crippen molar-refractivity contribution in [2.75, 3.05) is 13.6 Å². The van der Waals surface area contributed by atoms with Crippen molar-refractivity contribution in [3.05, 3.63) is 0 Å². The number of hydrogen-bond donors (Lipinski definition) is 2. The second-order valence-electron chi connectivity index (χ2n) is 7.31. The van der Waals surface area contributed by atoms with E-state index in [1.165, 1.54) is 12.8 Å². The smallest absolute Gasteiger partial charge is 0.407 e. The van der Waals surface area contributed by atoms with Gasteiger partial charge >= 0.3 is 6.09 Å². The average molecular weight is 283 g/mol. The summed E-state index contributed by atoms with van der Waals surface area (Å²) in [6.45, 7) is 9.08. The molecule has 1 amide bonds. The molecule has 0 aromatic carbocycles. The summed E-state index contributed by atoms with van der Waals surface area (Å²) in [4.78, 5) is 14.1. The number of likely N-dealkylation sites (tertiary alicyclic amines) is 1. The third-order valence-corrected chi connectivity index (χ3v) is 4.15. The molecule has 116 valence electrons. The Hall–Kier alpha value is -0.810. The van der Waals surface area contributed by atoms with Crippen molar-refractivity contribution in [1.82, 2.24) is 15.5 Å². The highest BCUT2D eigenvalue weighted by Gasteiger charge is 2.41. The Morgan fingerprint density at radius 3 is 2.55 bits per heavy atom. The highest BCUT2D eigenvalue weighted by Crippen LogP contribution is 2.25. The number of ether oxygens (including phenoxy) is 1. The van der Waals surface area contributed by atoms with E-state index >= 15 is 0 Å². The summed E-state index contributed by atoms with van der Waals surface area (Å²) in [5.74, 6) is 0. The largest absolute Gasteiger partial charge is 0.444 e. The van der Waals surface area contributed by atoms with Crippen LogP contribution in [-0.2, 0) is 4.74 Å². The highest BCUT2D eigenvalue weighted by molar-refractivity contribution is 5.68. The van der Waals surface area contributed by atoms with Gasteiger partial charge in [-0.05, 0) is 60.5 Å². The van der Waals surface area contributed by atoms with Crippen LogP contribution in [0.25, 0.3) is 0 Å². The van der Waals surface area contributed by atoms with Crippen LogP contribution in [0.5, 0.6) is 0 Å². The molecule has 2 N–H and O–H groups in total. The summed E-state index contributed by atoms with van der Waals surface area (Å²) >= 11 is 0. The van der Waals surface area contributed by atoms with E-state index in [1.54, 1.807) is 0 Å². The maximum absolute atomic E-state index is 11.7. The van der Waals surface area contributed by atoms with Crippen molar-refractivity contribution in [3.63, 3.8) is 0 Å². The van der Waals surface area contributed by atoms with E-state index in [0.717, 1.165) is 13.0 Å². The molecule has 0 aromatic rings. The molecular weight excluding hydrogens is 254 g/mol. The van der Waals surface area contributed by atoms with Crippen LogP contribution in [-0.4, -0.2) is 54.4 Å². The number of carbonyl (C=O) groups is 1. The van der Waals surface area contributed by atoms with Gasteiger partial charge in [0.2, 0.25) is 0 Å². The molecule has 20 heavy (non-hydrogen) atoms. The normalized spacial score (nSPS) is 34.6. The van der Waals surface area contributed by atoms with Gasteiger partial charge in [-0.25, -0.2) is 4.79 Å². The van der Waals surface area contributed by atoms with Gasteiger partial charge in [-0.15, -0.1) is 0 Å². The van der Waals surface area contributed by atoms with Gasteiger partial charge in [-0.1, -0.05) is 0 Å². The monoisotopic (exact) mass is 283 g/mol. The van der Waals surface area contributed by atoms with Gasteiger partial charge in [0.05, 0.1) is 0 Å². The van der Waals surface area contributed by atoms with Gasteiger partial charge < -0.3 is 20.3 Å². The third-order valence-electron chi connectivity index (χ3n) is 4.15. The van der Waals surface area contributed by atoms with Crippen molar-refractivity contribution in [2.45, 2.75) is 76.7 Å². The number of piperidine rings is 1. The molecule has 2 fully saturated rings. The number of carbonyl (C=O) groups excluding carboxylic acids is 1. The van der Waals surface area contributed by atoms with Gasteiger partial charge in [-0.3, -0.25) is 0 Å². The van der Waals surface area contributed by atoms with Gasteiger partial charge in [-0.2, -0.15) is 0 Å². The van der Waals surface area contributed by atoms with E-state index in [2.05, 4.69) is 29.5 Å². The van der Waals surface area contributed by atoms with E-state index in [0.29, 0.717) is 18.1 Å². The predicted octanol–water partition coefficient (Wildman–Crippen LogP) is 1.72. The van der Waals surface area contributed by atoms with Crippen molar-refractivity contribution in [2.24, 2.45) is 0 Å². The van der Waals surface area contributed by atoms with Gasteiger partial charge in [0.25, 0.3) is 0 Å². The lowest BCUT2D eigenvalue weighted by atomic mass is 9.99. The molecule has 2 rings (SSSR count). The summed E-state index contributed by atoms with van der Waals surface area (Å²) in [7, 11) is 2.19. The molecule has 5 nitrogen and oxygen atoms in total. The Morgan fingerprint density at radius 1 is 1.25 bits per heavy atom. The van der Waals surface area contributed by atoms with Crippen LogP contribution in [0.2, 0.25) is 0 Å². The first-order valence-corrected chi connectivity index (χ1v) is 7.70. The molecule has 1 heterocycles. The number of rotatable bonds is 3. The van der Waals surface area contributed by atoms with Crippen LogP contribution in [0, 0.1) is 0 Å². The maximum Gasteiger partial charge on any atom is 0.407 e. The second-order valence-corrected chi connectivity index (χ2v) is 7.31. The first-order valence-electron chi connectivity index (χ1n) is 7.70. The van der Waals surface area contributed by atoms with Crippen LogP contribution >= 0.6 is 0 Å². The Labute approximate surface area is 122 Å². The van der Waals surface area contributed by atoms with Crippen LogP contribution in [0.15, 0.2) is 0 Å². The zero-order chi connectivity index (χ0) is 14.9. The summed E-state index contributed by atoms with van der Waals surface area (Å²) in [6.07, 6.45) is 3.09. The van der Waals surface area contributed by atoms with Crippen LogP contribution in [0.4, 0.5) is 4.79 Å². The molecule has 0 aromatic heterocycles. The Kier molecular flexibility index (Phi) is 4.59. The minimum absolute atomic E-state index is 0.236. The Bertz CT molecular complexity index is 354. The first-order chi connectivity index (χ1) is 9.24. The molecule has 1 aliphatic carbocycles. The highest BCUT2D eigenvalue weighted by atomic mass is 16.6. The van der Waals surface area contributed by atoms with E-state index in [4.69, 9.17) is 4.74 Å². The van der Waals surface area contributed by atoms with E-state index < -0.39 is 5.60 Å². The lowest BCUT2D eigenvalue weighted by molar-refractivity contribution is 0.0521. The van der Waals surface area contributed by atoms with Crippen LogP contribution in [0.3, 0.4) is 0 Å². The summed E-state index contributed by atoms with van der Waals surface area (Å²) in [5.41, 5.74) is -0.425. The number of amides is 1. The molecular formula is C15H29N3O2. The maximum atomic E-state index is 11.7. The first kappa shape index (κ1) is 15.6. The minimum atomic E-state index is -0.425. The lowest BCUT2D eigenvalue weighted by Gasteiger charge is -2.35. The van der Waals surface area contributed by atoms with Gasteiger partial charge in [0.15, 0.2) is 0 Å². The van der Waals surface area contributed by atoms with E-state index in [1.807, 2.05) is 20.8 Å². The van der Waals surface area contributed by atoms with Crippen LogP contribution in [0.1, 0.15) is 47.0 Å². The number of nitrogens with zero attached hydrogens (tertiary/aromatic N) is 1. The number of alkyl carbamates (subject to hydrolysis) is 1. The van der Waals surface area contributed by atoms with Crippen molar-refractivity contribution >= 4 is 6.09 Å². The SMILES string of the molecule is CC1CC(NC2CC2NC(=O)OC(C)(C)C)CCN1C. The predicted molar refractivity (Wildman–Crippen MR) is 79.8 cm³/mol. The topological polar surface area (TPSA) is 53.6 Å². The standard InChI is InChI=1S/C15H29N3O2/c1-10-8-11(6-7-18(10)5)16-12-9-13(12)17-14(19)20-15(2,3)4/h10-13,16H,6-9H2,1-5H3,(H,17,19). The summed E-state index contributed by atoms with van der Waals surface area (Å²) in [5, 5.41) is 6.60. The summed E-state index contributed by atoms with van der Waals surface area (Å²) in [6, 6.07) is 1.87. The molecule has 0 radical (unpaired) electrons.